The highest BCUT2D eigenvalue weighted by molar-refractivity contribution is 5.89. The molecule has 0 saturated carbocycles. The molecule has 19 heavy (non-hydrogen) atoms. The smallest absolute Gasteiger partial charge is 0.225 e. The molecule has 1 heterocycles. The van der Waals surface area contributed by atoms with E-state index in [2.05, 4.69) is 29.4 Å². The zero-order valence-corrected chi connectivity index (χ0v) is 11.3. The average Bonchev–Trinajstić information content (AvgIpc) is 2.36. The Kier molecular flexibility index (Phi) is 4.29. The van der Waals surface area contributed by atoms with E-state index in [0.717, 1.165) is 12.0 Å². The number of rotatable bonds is 4. The maximum Gasteiger partial charge on any atom is 0.225 e. The fraction of sp³-hybridized carbons (Fsp3) is 0.250. The van der Waals surface area contributed by atoms with E-state index in [1.165, 1.54) is 11.1 Å². The quantitative estimate of drug-likeness (QED) is 0.909. The van der Waals surface area contributed by atoms with Crippen LogP contribution < -0.4 is 5.32 Å². The summed E-state index contributed by atoms with van der Waals surface area (Å²) in [6, 6.07) is 12.0. The molecule has 3 heteroatoms. The summed E-state index contributed by atoms with van der Waals surface area (Å²) in [5, 5.41) is 2.82. The van der Waals surface area contributed by atoms with E-state index in [1.807, 2.05) is 31.2 Å². The molecule has 1 amide bonds. The van der Waals surface area contributed by atoms with Crippen molar-refractivity contribution in [2.75, 3.05) is 5.32 Å². The van der Waals surface area contributed by atoms with Crippen LogP contribution in [0.3, 0.4) is 0 Å². The van der Waals surface area contributed by atoms with Gasteiger partial charge in [0.15, 0.2) is 0 Å². The fourth-order valence-electron chi connectivity index (χ4n) is 1.94. The van der Waals surface area contributed by atoms with Crippen LogP contribution in [0.4, 0.5) is 5.82 Å². The van der Waals surface area contributed by atoms with Crippen LogP contribution >= 0.6 is 0 Å². The third kappa shape index (κ3) is 4.21. The first kappa shape index (κ1) is 13.3. The topological polar surface area (TPSA) is 42.0 Å². The molecule has 0 aliphatic rings. The van der Waals surface area contributed by atoms with Gasteiger partial charge in [-0.05, 0) is 43.5 Å². The van der Waals surface area contributed by atoms with Gasteiger partial charge in [0.05, 0.1) is 0 Å². The summed E-state index contributed by atoms with van der Waals surface area (Å²) in [5.41, 5.74) is 3.49. The van der Waals surface area contributed by atoms with Crippen molar-refractivity contribution in [3.63, 3.8) is 0 Å². The Bertz CT molecular complexity index is 578. The van der Waals surface area contributed by atoms with E-state index in [-0.39, 0.29) is 5.91 Å². The van der Waals surface area contributed by atoms with E-state index in [4.69, 9.17) is 0 Å². The van der Waals surface area contributed by atoms with E-state index in [0.29, 0.717) is 12.2 Å². The molecule has 1 aromatic heterocycles. The molecule has 0 unspecified atom stereocenters. The minimum Gasteiger partial charge on any atom is -0.311 e. The molecule has 0 spiro atoms. The van der Waals surface area contributed by atoms with Crippen LogP contribution in [-0.4, -0.2) is 10.9 Å². The second kappa shape index (κ2) is 6.14. The Labute approximate surface area is 113 Å². The highest BCUT2D eigenvalue weighted by atomic mass is 16.1. The Balaban J connectivity index is 1.88. The lowest BCUT2D eigenvalue weighted by Gasteiger charge is -2.05. The number of carbonyl (C=O) groups is 1. The van der Waals surface area contributed by atoms with Crippen LogP contribution in [0, 0.1) is 13.8 Å². The van der Waals surface area contributed by atoms with Crippen molar-refractivity contribution < 1.29 is 4.79 Å². The molecule has 0 bridgehead atoms. The van der Waals surface area contributed by atoms with Gasteiger partial charge in [-0.15, -0.1) is 0 Å². The Morgan fingerprint density at radius 2 is 1.95 bits per heavy atom. The maximum absolute atomic E-state index is 11.8. The number of hydrogen-bond acceptors (Lipinski definition) is 2. The molecule has 1 N–H and O–H groups in total. The van der Waals surface area contributed by atoms with Gasteiger partial charge in [-0.25, -0.2) is 4.98 Å². The summed E-state index contributed by atoms with van der Waals surface area (Å²) in [6.45, 7) is 4.03. The van der Waals surface area contributed by atoms with Crippen molar-refractivity contribution >= 4 is 11.7 Å². The second-order valence-corrected chi connectivity index (χ2v) is 4.76. The molecule has 1 aromatic carbocycles. The molecule has 3 nitrogen and oxygen atoms in total. The number of carbonyl (C=O) groups excluding carboxylic acids is 1. The van der Waals surface area contributed by atoms with Crippen molar-refractivity contribution in [1.29, 1.82) is 0 Å². The van der Waals surface area contributed by atoms with Gasteiger partial charge >= 0.3 is 0 Å². The number of benzene rings is 1. The molecule has 98 valence electrons. The molecular weight excluding hydrogens is 236 g/mol. The Morgan fingerprint density at radius 1 is 1.16 bits per heavy atom. The first-order chi connectivity index (χ1) is 9.13. The Morgan fingerprint density at radius 3 is 2.68 bits per heavy atom. The van der Waals surface area contributed by atoms with Crippen molar-refractivity contribution in [2.45, 2.75) is 26.7 Å². The highest BCUT2D eigenvalue weighted by Crippen LogP contribution is 2.09. The number of aryl methyl sites for hydroxylation is 3. The van der Waals surface area contributed by atoms with E-state index < -0.39 is 0 Å². The number of hydrogen-bond donors (Lipinski definition) is 1. The SMILES string of the molecule is Cc1cccc(CCC(=O)Nc2cc(C)ccn2)c1. The van der Waals surface area contributed by atoms with E-state index in [1.54, 1.807) is 6.20 Å². The van der Waals surface area contributed by atoms with Gasteiger partial charge in [0.25, 0.3) is 0 Å². The Hall–Kier alpha value is -2.16. The van der Waals surface area contributed by atoms with E-state index >= 15 is 0 Å². The van der Waals surface area contributed by atoms with Gasteiger partial charge in [-0.3, -0.25) is 4.79 Å². The summed E-state index contributed by atoms with van der Waals surface area (Å²) in [5.74, 6) is 0.619. The molecule has 0 atom stereocenters. The van der Waals surface area contributed by atoms with Gasteiger partial charge in [0, 0.05) is 12.6 Å². The van der Waals surface area contributed by atoms with Crippen molar-refractivity contribution in [2.24, 2.45) is 0 Å². The van der Waals surface area contributed by atoms with Crippen LogP contribution in [-0.2, 0) is 11.2 Å². The van der Waals surface area contributed by atoms with Gasteiger partial charge in [0.1, 0.15) is 5.82 Å². The number of amides is 1. The zero-order chi connectivity index (χ0) is 13.7. The van der Waals surface area contributed by atoms with Crippen molar-refractivity contribution in [3.05, 3.63) is 59.3 Å². The normalized spacial score (nSPS) is 10.2. The van der Waals surface area contributed by atoms with Crippen LogP contribution in [0.1, 0.15) is 23.1 Å². The van der Waals surface area contributed by atoms with Crippen molar-refractivity contribution in [3.8, 4) is 0 Å². The molecule has 0 aliphatic heterocycles. The zero-order valence-electron chi connectivity index (χ0n) is 11.3. The first-order valence-corrected chi connectivity index (χ1v) is 6.41. The third-order valence-electron chi connectivity index (χ3n) is 2.91. The molecular formula is C16H18N2O. The monoisotopic (exact) mass is 254 g/mol. The van der Waals surface area contributed by atoms with Crippen LogP contribution in [0.5, 0.6) is 0 Å². The van der Waals surface area contributed by atoms with Crippen LogP contribution in [0.2, 0.25) is 0 Å². The lowest BCUT2D eigenvalue weighted by molar-refractivity contribution is -0.116. The number of nitrogens with zero attached hydrogens (tertiary/aromatic N) is 1. The molecule has 2 aromatic rings. The summed E-state index contributed by atoms with van der Waals surface area (Å²) in [6.07, 6.45) is 2.92. The van der Waals surface area contributed by atoms with Gasteiger partial charge in [-0.1, -0.05) is 29.8 Å². The van der Waals surface area contributed by atoms with Crippen molar-refractivity contribution in [1.82, 2.24) is 4.98 Å². The predicted molar refractivity (Wildman–Crippen MR) is 77.1 cm³/mol. The average molecular weight is 254 g/mol. The molecule has 2 rings (SSSR count). The maximum atomic E-state index is 11.8. The summed E-state index contributed by atoms with van der Waals surface area (Å²) in [4.78, 5) is 15.9. The standard InChI is InChI=1S/C16H18N2O/c1-12-4-3-5-14(10-12)6-7-16(19)18-15-11-13(2)8-9-17-15/h3-5,8-11H,6-7H2,1-2H3,(H,17,18,19). The van der Waals surface area contributed by atoms with E-state index in [9.17, 15) is 4.79 Å². The predicted octanol–water partition coefficient (Wildman–Crippen LogP) is 3.27. The van der Waals surface area contributed by atoms with Gasteiger partial charge in [-0.2, -0.15) is 0 Å². The van der Waals surface area contributed by atoms with Gasteiger partial charge < -0.3 is 5.32 Å². The van der Waals surface area contributed by atoms with Crippen LogP contribution in [0.25, 0.3) is 0 Å². The number of nitrogens with one attached hydrogen (secondary N) is 1. The van der Waals surface area contributed by atoms with Gasteiger partial charge in [0.2, 0.25) is 5.91 Å². The lowest BCUT2D eigenvalue weighted by atomic mass is 10.1. The fourth-order valence-corrected chi connectivity index (χ4v) is 1.94. The first-order valence-electron chi connectivity index (χ1n) is 6.41. The molecule has 0 saturated heterocycles. The molecule has 0 fully saturated rings. The highest BCUT2D eigenvalue weighted by Gasteiger charge is 2.04. The van der Waals surface area contributed by atoms with Crippen LogP contribution in [0.15, 0.2) is 42.6 Å². The number of aromatic nitrogens is 1. The largest absolute Gasteiger partial charge is 0.311 e. The third-order valence-corrected chi connectivity index (χ3v) is 2.91. The second-order valence-electron chi connectivity index (χ2n) is 4.76. The molecule has 0 aliphatic carbocycles. The summed E-state index contributed by atoms with van der Waals surface area (Å²) in [7, 11) is 0. The molecule has 0 radical (unpaired) electrons. The summed E-state index contributed by atoms with van der Waals surface area (Å²) < 4.78 is 0. The minimum absolute atomic E-state index is 0.000365. The lowest BCUT2D eigenvalue weighted by Crippen LogP contribution is -2.13. The number of anilines is 1. The minimum atomic E-state index is -0.000365. The number of pyridine rings is 1. The summed E-state index contributed by atoms with van der Waals surface area (Å²) >= 11 is 0.